The van der Waals surface area contributed by atoms with Crippen LogP contribution < -0.4 is 11.1 Å². The molecule has 2 aromatic carbocycles. The summed E-state index contributed by atoms with van der Waals surface area (Å²) in [7, 11) is 0. The van der Waals surface area contributed by atoms with Crippen molar-refractivity contribution in [1.82, 2.24) is 5.32 Å². The highest BCUT2D eigenvalue weighted by molar-refractivity contribution is 6.31. The van der Waals surface area contributed by atoms with Crippen molar-refractivity contribution in [2.24, 2.45) is 5.73 Å². The van der Waals surface area contributed by atoms with Crippen molar-refractivity contribution in [3.63, 3.8) is 0 Å². The van der Waals surface area contributed by atoms with Crippen molar-refractivity contribution >= 4 is 29.9 Å². The molecule has 23 heavy (non-hydrogen) atoms. The number of amides is 1. The Hall–Kier alpha value is -1.55. The van der Waals surface area contributed by atoms with Crippen molar-refractivity contribution in [2.75, 3.05) is 0 Å². The number of fused-ring (bicyclic) bond motifs is 1. The third-order valence-corrected chi connectivity index (χ3v) is 4.52. The monoisotopic (exact) mass is 350 g/mol. The third kappa shape index (κ3) is 4.05. The van der Waals surface area contributed by atoms with Gasteiger partial charge in [0.2, 0.25) is 5.91 Å². The third-order valence-electron chi connectivity index (χ3n) is 4.17. The molecule has 1 aliphatic carbocycles. The van der Waals surface area contributed by atoms with Gasteiger partial charge in [-0.3, -0.25) is 4.79 Å². The summed E-state index contributed by atoms with van der Waals surface area (Å²) in [5, 5.41) is 3.84. The normalized spacial score (nSPS) is 17.0. The van der Waals surface area contributed by atoms with E-state index in [0.717, 1.165) is 34.6 Å². The van der Waals surface area contributed by atoms with E-state index < -0.39 is 6.04 Å². The molecule has 5 heteroatoms. The van der Waals surface area contributed by atoms with Crippen LogP contribution in [0.3, 0.4) is 0 Å². The molecule has 0 saturated carbocycles. The van der Waals surface area contributed by atoms with Gasteiger partial charge in [-0.2, -0.15) is 0 Å². The van der Waals surface area contributed by atoms with Crippen LogP contribution in [0.25, 0.3) is 0 Å². The Balaban J connectivity index is 0.00000192. The molecule has 0 aliphatic heterocycles. The maximum Gasteiger partial charge on any atom is 0.237 e. The number of nitrogens with two attached hydrogens (primary N) is 1. The summed E-state index contributed by atoms with van der Waals surface area (Å²) in [5.41, 5.74) is 9.37. The first-order valence-corrected chi connectivity index (χ1v) is 7.90. The number of benzene rings is 2. The molecule has 0 bridgehead atoms. The van der Waals surface area contributed by atoms with Crippen LogP contribution in [-0.2, 0) is 17.6 Å². The minimum Gasteiger partial charge on any atom is -0.348 e. The van der Waals surface area contributed by atoms with Gasteiger partial charge >= 0.3 is 0 Å². The number of carbonyl (C=O) groups excluding carboxylic acids is 1. The summed E-state index contributed by atoms with van der Waals surface area (Å²) < 4.78 is 0. The minimum atomic E-state index is -0.536. The standard InChI is InChI=1S/C18H19ClN2O.ClH/c19-15-8-4-7-14-13(15)9-10-17(14)21-18(22)16(20)11-12-5-2-1-3-6-12;/h1-8,16-17H,9-11,20H2,(H,21,22);1H/t16-,17?;/m0./s1. The van der Waals surface area contributed by atoms with Gasteiger partial charge in [0.05, 0.1) is 12.1 Å². The Morgan fingerprint density at radius 3 is 2.70 bits per heavy atom. The van der Waals surface area contributed by atoms with Crippen molar-refractivity contribution in [1.29, 1.82) is 0 Å². The molecule has 3 nitrogen and oxygen atoms in total. The van der Waals surface area contributed by atoms with Gasteiger partial charge in [-0.1, -0.05) is 54.1 Å². The molecular formula is C18H20Cl2N2O. The van der Waals surface area contributed by atoms with E-state index in [4.69, 9.17) is 17.3 Å². The van der Waals surface area contributed by atoms with E-state index in [0.29, 0.717) is 6.42 Å². The molecule has 1 amide bonds. The summed E-state index contributed by atoms with van der Waals surface area (Å²) in [6.07, 6.45) is 2.32. The van der Waals surface area contributed by atoms with Crippen LogP contribution in [0.2, 0.25) is 5.02 Å². The second-order valence-corrected chi connectivity index (χ2v) is 6.11. The topological polar surface area (TPSA) is 55.1 Å². The maximum atomic E-state index is 12.3. The fourth-order valence-corrected chi connectivity index (χ4v) is 3.28. The fraction of sp³-hybridized carbons (Fsp3) is 0.278. The zero-order chi connectivity index (χ0) is 15.5. The van der Waals surface area contributed by atoms with Gasteiger partial charge < -0.3 is 11.1 Å². The van der Waals surface area contributed by atoms with Gasteiger partial charge in [0, 0.05) is 5.02 Å². The Morgan fingerprint density at radius 2 is 1.96 bits per heavy atom. The summed E-state index contributed by atoms with van der Waals surface area (Å²) in [6.45, 7) is 0. The van der Waals surface area contributed by atoms with Crippen LogP contribution in [0.4, 0.5) is 0 Å². The Kier molecular flexibility index (Phi) is 6.05. The zero-order valence-corrected chi connectivity index (χ0v) is 14.2. The number of nitrogens with one attached hydrogen (secondary N) is 1. The first-order chi connectivity index (χ1) is 10.6. The highest BCUT2D eigenvalue weighted by Crippen LogP contribution is 2.35. The van der Waals surface area contributed by atoms with Crippen LogP contribution in [0.5, 0.6) is 0 Å². The van der Waals surface area contributed by atoms with Crippen LogP contribution in [0.15, 0.2) is 48.5 Å². The highest BCUT2D eigenvalue weighted by Gasteiger charge is 2.27. The summed E-state index contributed by atoms with van der Waals surface area (Å²) in [5.74, 6) is -0.110. The molecule has 3 rings (SSSR count). The number of carbonyl (C=O) groups is 1. The lowest BCUT2D eigenvalue weighted by Crippen LogP contribution is -2.43. The molecule has 1 aliphatic rings. The van der Waals surface area contributed by atoms with Gasteiger partial charge in [0.15, 0.2) is 0 Å². The smallest absolute Gasteiger partial charge is 0.237 e. The summed E-state index contributed by atoms with van der Waals surface area (Å²) >= 11 is 6.20. The summed E-state index contributed by atoms with van der Waals surface area (Å²) in [6, 6.07) is 15.2. The molecule has 0 spiro atoms. The zero-order valence-electron chi connectivity index (χ0n) is 12.7. The van der Waals surface area contributed by atoms with Gasteiger partial charge in [-0.25, -0.2) is 0 Å². The van der Waals surface area contributed by atoms with Gasteiger partial charge in [0.1, 0.15) is 0 Å². The molecule has 0 saturated heterocycles. The fourth-order valence-electron chi connectivity index (χ4n) is 3.00. The van der Waals surface area contributed by atoms with Gasteiger partial charge in [-0.05, 0) is 42.0 Å². The number of hydrogen-bond acceptors (Lipinski definition) is 2. The van der Waals surface area contributed by atoms with Crippen molar-refractivity contribution in [3.8, 4) is 0 Å². The predicted octanol–water partition coefficient (Wildman–Crippen LogP) is 3.44. The lowest BCUT2D eigenvalue weighted by atomic mass is 10.0. The first kappa shape index (κ1) is 17.8. The number of hydrogen-bond donors (Lipinski definition) is 2. The molecule has 3 N–H and O–H groups in total. The lowest BCUT2D eigenvalue weighted by molar-refractivity contribution is -0.123. The Bertz CT molecular complexity index is 676. The summed E-state index contributed by atoms with van der Waals surface area (Å²) in [4.78, 5) is 12.3. The van der Waals surface area contributed by atoms with Crippen LogP contribution >= 0.6 is 24.0 Å². The quantitative estimate of drug-likeness (QED) is 0.887. The average molecular weight is 351 g/mol. The second kappa shape index (κ2) is 7.82. The number of rotatable bonds is 4. The molecule has 0 fully saturated rings. The second-order valence-electron chi connectivity index (χ2n) is 5.70. The van der Waals surface area contributed by atoms with E-state index in [2.05, 4.69) is 5.32 Å². The number of halogens is 2. The lowest BCUT2D eigenvalue weighted by Gasteiger charge is -2.18. The van der Waals surface area contributed by atoms with E-state index in [-0.39, 0.29) is 24.4 Å². The van der Waals surface area contributed by atoms with E-state index in [9.17, 15) is 4.79 Å². The van der Waals surface area contributed by atoms with Gasteiger partial charge in [-0.15, -0.1) is 12.4 Å². The molecular weight excluding hydrogens is 331 g/mol. The van der Waals surface area contributed by atoms with E-state index in [1.807, 2.05) is 48.5 Å². The maximum absolute atomic E-state index is 12.3. The largest absolute Gasteiger partial charge is 0.348 e. The van der Waals surface area contributed by atoms with E-state index >= 15 is 0 Å². The SMILES string of the molecule is Cl.N[C@@H](Cc1ccccc1)C(=O)NC1CCc2c(Cl)cccc21. The highest BCUT2D eigenvalue weighted by atomic mass is 35.5. The molecule has 0 heterocycles. The van der Waals surface area contributed by atoms with Crippen molar-refractivity contribution in [3.05, 3.63) is 70.2 Å². The minimum absolute atomic E-state index is 0. The van der Waals surface area contributed by atoms with Gasteiger partial charge in [0.25, 0.3) is 0 Å². The first-order valence-electron chi connectivity index (χ1n) is 7.52. The average Bonchev–Trinajstić information content (AvgIpc) is 2.93. The van der Waals surface area contributed by atoms with Crippen molar-refractivity contribution < 1.29 is 4.79 Å². The molecule has 0 aromatic heterocycles. The molecule has 2 atom stereocenters. The predicted molar refractivity (Wildman–Crippen MR) is 96.0 cm³/mol. The van der Waals surface area contributed by atoms with E-state index in [1.165, 1.54) is 0 Å². The van der Waals surface area contributed by atoms with Crippen molar-refractivity contribution in [2.45, 2.75) is 31.3 Å². The Morgan fingerprint density at radius 1 is 1.22 bits per heavy atom. The van der Waals surface area contributed by atoms with E-state index in [1.54, 1.807) is 0 Å². The van der Waals surface area contributed by atoms with Crippen LogP contribution in [0.1, 0.15) is 29.2 Å². The molecule has 1 unspecified atom stereocenters. The molecule has 122 valence electrons. The Labute approximate surface area is 147 Å². The van der Waals surface area contributed by atoms with Crippen LogP contribution in [-0.4, -0.2) is 11.9 Å². The molecule has 0 radical (unpaired) electrons. The molecule has 2 aromatic rings. The van der Waals surface area contributed by atoms with Crippen LogP contribution in [0, 0.1) is 0 Å².